The summed E-state index contributed by atoms with van der Waals surface area (Å²) < 4.78 is 28.8. The molecular formula is C30H35Cl2N3O4S. The summed E-state index contributed by atoms with van der Waals surface area (Å²) in [5, 5.41) is 3.78. The molecule has 7 nitrogen and oxygen atoms in total. The van der Waals surface area contributed by atoms with Crippen LogP contribution in [0.25, 0.3) is 0 Å². The molecule has 3 rings (SSSR count). The molecule has 10 heteroatoms. The van der Waals surface area contributed by atoms with Crippen LogP contribution < -0.4 is 9.62 Å². The third kappa shape index (κ3) is 7.99. The first-order chi connectivity index (χ1) is 18.9. The van der Waals surface area contributed by atoms with Crippen molar-refractivity contribution in [1.29, 1.82) is 0 Å². The fourth-order valence-electron chi connectivity index (χ4n) is 4.13. The minimum Gasteiger partial charge on any atom is -0.354 e. The van der Waals surface area contributed by atoms with Gasteiger partial charge in [0.2, 0.25) is 11.8 Å². The van der Waals surface area contributed by atoms with Crippen LogP contribution in [0.15, 0.2) is 77.7 Å². The average molecular weight is 605 g/mol. The van der Waals surface area contributed by atoms with Crippen LogP contribution >= 0.6 is 23.2 Å². The van der Waals surface area contributed by atoms with Crippen molar-refractivity contribution in [3.05, 3.63) is 94.0 Å². The Labute approximate surface area is 247 Å². The molecular weight excluding hydrogens is 569 g/mol. The number of benzene rings is 3. The molecule has 40 heavy (non-hydrogen) atoms. The topological polar surface area (TPSA) is 86.8 Å². The van der Waals surface area contributed by atoms with Gasteiger partial charge in [-0.1, -0.05) is 79.9 Å². The first-order valence-electron chi connectivity index (χ1n) is 13.1. The van der Waals surface area contributed by atoms with Crippen LogP contribution in [-0.4, -0.2) is 44.3 Å². The summed E-state index contributed by atoms with van der Waals surface area (Å²) >= 11 is 12.5. The number of aryl methyl sites for hydroxylation is 1. The minimum absolute atomic E-state index is 0.0329. The van der Waals surface area contributed by atoms with Gasteiger partial charge in [-0.25, -0.2) is 8.42 Å². The van der Waals surface area contributed by atoms with Crippen molar-refractivity contribution in [2.45, 2.75) is 51.6 Å². The Balaban J connectivity index is 2.05. The quantitative estimate of drug-likeness (QED) is 0.272. The van der Waals surface area contributed by atoms with E-state index in [1.54, 1.807) is 60.7 Å². The molecule has 0 spiro atoms. The van der Waals surface area contributed by atoms with Gasteiger partial charge in [0, 0.05) is 23.1 Å². The summed E-state index contributed by atoms with van der Waals surface area (Å²) in [6.45, 7) is 7.58. The van der Waals surface area contributed by atoms with E-state index in [-0.39, 0.29) is 29.0 Å². The highest BCUT2D eigenvalue weighted by molar-refractivity contribution is 7.92. The van der Waals surface area contributed by atoms with Gasteiger partial charge in [0.1, 0.15) is 12.6 Å². The smallest absolute Gasteiger partial charge is 0.264 e. The summed E-state index contributed by atoms with van der Waals surface area (Å²) in [6, 6.07) is 18.9. The van der Waals surface area contributed by atoms with Gasteiger partial charge in [0.05, 0.1) is 10.6 Å². The van der Waals surface area contributed by atoms with Gasteiger partial charge >= 0.3 is 0 Å². The van der Waals surface area contributed by atoms with Gasteiger partial charge in [-0.05, 0) is 67.3 Å². The van der Waals surface area contributed by atoms with E-state index in [2.05, 4.69) is 5.32 Å². The number of rotatable bonds is 12. The maximum atomic E-state index is 14.1. The van der Waals surface area contributed by atoms with Crippen molar-refractivity contribution in [1.82, 2.24) is 10.2 Å². The van der Waals surface area contributed by atoms with Crippen molar-refractivity contribution in [3.8, 4) is 0 Å². The Morgan fingerprint density at radius 1 is 0.925 bits per heavy atom. The first kappa shape index (κ1) is 31.5. The number of amides is 2. The fraction of sp³-hybridized carbons (Fsp3) is 0.333. The molecule has 0 aromatic heterocycles. The van der Waals surface area contributed by atoms with Crippen LogP contribution in [0, 0.1) is 12.8 Å². The Hall–Kier alpha value is -3.07. The molecule has 1 atom stereocenters. The third-order valence-electron chi connectivity index (χ3n) is 6.37. The molecule has 1 unspecified atom stereocenters. The molecule has 0 aliphatic heterocycles. The standard InChI is InChI=1S/C30H35Cl2N3O4S/c1-5-28(30(37)33-18-21(2)3)34(19-23-8-6-7-9-27(23)32)29(36)20-35(25-14-12-24(31)13-15-25)40(38,39)26-16-10-22(4)11-17-26/h6-17,21,28H,5,18-20H2,1-4H3,(H,33,37). The van der Waals surface area contributed by atoms with E-state index in [0.717, 1.165) is 9.87 Å². The summed E-state index contributed by atoms with van der Waals surface area (Å²) in [5.74, 6) is -0.637. The monoisotopic (exact) mass is 603 g/mol. The number of carbonyl (C=O) groups excluding carboxylic acids is 2. The molecule has 0 radical (unpaired) electrons. The molecule has 1 N–H and O–H groups in total. The van der Waals surface area contributed by atoms with Crippen molar-refractivity contribution >= 4 is 50.7 Å². The van der Waals surface area contributed by atoms with E-state index in [0.29, 0.717) is 28.6 Å². The molecule has 0 heterocycles. The number of hydrogen-bond acceptors (Lipinski definition) is 4. The van der Waals surface area contributed by atoms with Gasteiger partial charge in [-0.2, -0.15) is 0 Å². The van der Waals surface area contributed by atoms with E-state index in [9.17, 15) is 18.0 Å². The highest BCUT2D eigenvalue weighted by Crippen LogP contribution is 2.27. The lowest BCUT2D eigenvalue weighted by molar-refractivity contribution is -0.140. The predicted molar refractivity (Wildman–Crippen MR) is 161 cm³/mol. The maximum Gasteiger partial charge on any atom is 0.264 e. The maximum absolute atomic E-state index is 14.1. The highest BCUT2D eigenvalue weighted by Gasteiger charge is 2.34. The second-order valence-corrected chi connectivity index (χ2v) is 12.7. The molecule has 0 aliphatic rings. The second kappa shape index (κ2) is 14.0. The normalized spacial score (nSPS) is 12.2. The number of anilines is 1. The Morgan fingerprint density at radius 2 is 1.55 bits per heavy atom. The third-order valence-corrected chi connectivity index (χ3v) is 8.78. The van der Waals surface area contributed by atoms with Gasteiger partial charge in [0.15, 0.2) is 0 Å². The predicted octanol–water partition coefficient (Wildman–Crippen LogP) is 6.08. The van der Waals surface area contributed by atoms with E-state index in [1.165, 1.54) is 17.0 Å². The van der Waals surface area contributed by atoms with Gasteiger partial charge < -0.3 is 10.2 Å². The number of halogens is 2. The zero-order valence-corrected chi connectivity index (χ0v) is 25.4. The lowest BCUT2D eigenvalue weighted by atomic mass is 10.1. The van der Waals surface area contributed by atoms with Crippen LogP contribution in [0.4, 0.5) is 5.69 Å². The largest absolute Gasteiger partial charge is 0.354 e. The molecule has 214 valence electrons. The van der Waals surface area contributed by atoms with Gasteiger partial charge in [-0.15, -0.1) is 0 Å². The SMILES string of the molecule is CCC(C(=O)NCC(C)C)N(Cc1ccccc1Cl)C(=O)CN(c1ccc(Cl)cc1)S(=O)(=O)c1ccc(C)cc1. The van der Waals surface area contributed by atoms with Crippen LogP contribution in [0.2, 0.25) is 10.0 Å². The highest BCUT2D eigenvalue weighted by atomic mass is 35.5. The number of nitrogens with zero attached hydrogens (tertiary/aromatic N) is 2. The lowest BCUT2D eigenvalue weighted by Gasteiger charge is -2.33. The second-order valence-electron chi connectivity index (χ2n) is 9.98. The number of nitrogens with one attached hydrogen (secondary N) is 1. The Morgan fingerprint density at radius 3 is 2.12 bits per heavy atom. The molecule has 2 amide bonds. The molecule has 3 aromatic carbocycles. The van der Waals surface area contributed by atoms with Crippen molar-refractivity contribution in [2.75, 3.05) is 17.4 Å². The Bertz CT molecular complexity index is 1410. The van der Waals surface area contributed by atoms with E-state index in [1.807, 2.05) is 27.7 Å². The minimum atomic E-state index is -4.15. The number of sulfonamides is 1. The molecule has 0 saturated carbocycles. The van der Waals surface area contributed by atoms with Gasteiger partial charge in [-0.3, -0.25) is 13.9 Å². The molecule has 0 bridgehead atoms. The van der Waals surface area contributed by atoms with E-state index < -0.39 is 28.5 Å². The Kier molecular flexibility index (Phi) is 11.0. The summed E-state index contributed by atoms with van der Waals surface area (Å²) in [5.41, 5.74) is 1.82. The van der Waals surface area contributed by atoms with Crippen molar-refractivity contribution < 1.29 is 18.0 Å². The molecule has 0 saturated heterocycles. The summed E-state index contributed by atoms with van der Waals surface area (Å²) in [4.78, 5) is 28.8. The van der Waals surface area contributed by atoms with E-state index >= 15 is 0 Å². The zero-order valence-electron chi connectivity index (χ0n) is 23.1. The van der Waals surface area contributed by atoms with Crippen LogP contribution in [0.1, 0.15) is 38.3 Å². The summed E-state index contributed by atoms with van der Waals surface area (Å²) in [6.07, 6.45) is 0.325. The van der Waals surface area contributed by atoms with Crippen molar-refractivity contribution in [3.63, 3.8) is 0 Å². The molecule has 0 aliphatic carbocycles. The zero-order chi connectivity index (χ0) is 29.4. The number of hydrogen-bond donors (Lipinski definition) is 1. The average Bonchev–Trinajstić information content (AvgIpc) is 2.92. The number of carbonyl (C=O) groups is 2. The fourth-order valence-corrected chi connectivity index (χ4v) is 5.86. The van der Waals surface area contributed by atoms with Crippen LogP contribution in [0.5, 0.6) is 0 Å². The first-order valence-corrected chi connectivity index (χ1v) is 15.3. The van der Waals surface area contributed by atoms with Crippen LogP contribution in [0.3, 0.4) is 0 Å². The van der Waals surface area contributed by atoms with Crippen LogP contribution in [-0.2, 0) is 26.2 Å². The van der Waals surface area contributed by atoms with Gasteiger partial charge in [0.25, 0.3) is 10.0 Å². The van der Waals surface area contributed by atoms with Crippen molar-refractivity contribution in [2.24, 2.45) is 5.92 Å². The van der Waals surface area contributed by atoms with E-state index in [4.69, 9.17) is 23.2 Å². The molecule has 0 fully saturated rings. The lowest BCUT2D eigenvalue weighted by Crippen LogP contribution is -2.52. The summed E-state index contributed by atoms with van der Waals surface area (Å²) in [7, 11) is -4.15. The molecule has 3 aromatic rings.